The first kappa shape index (κ1) is 14.6. The molecule has 2 rings (SSSR count). The number of hydrogen-bond donors (Lipinski definition) is 1. The van der Waals surface area contributed by atoms with Gasteiger partial charge >= 0.3 is 0 Å². The number of nitrogens with zero attached hydrogens (tertiary/aromatic N) is 1. The first-order valence-corrected chi connectivity index (χ1v) is 8.28. The van der Waals surface area contributed by atoms with Gasteiger partial charge in [-0.05, 0) is 24.6 Å². The molecule has 1 heterocycles. The number of anilines is 2. The first-order valence-electron chi connectivity index (χ1n) is 6.46. The van der Waals surface area contributed by atoms with Crippen LogP contribution in [0, 0.1) is 0 Å². The van der Waals surface area contributed by atoms with E-state index in [0.717, 1.165) is 0 Å². The highest BCUT2D eigenvalue weighted by Crippen LogP contribution is 2.33. The number of carbonyl (C=O) groups excluding carboxylic acids is 1. The van der Waals surface area contributed by atoms with Crippen molar-refractivity contribution in [1.82, 2.24) is 0 Å². The predicted octanol–water partition coefficient (Wildman–Crippen LogP) is 0.819. The van der Waals surface area contributed by atoms with Crippen LogP contribution in [-0.2, 0) is 14.6 Å². The Hall–Kier alpha value is -1.76. The van der Waals surface area contributed by atoms with Gasteiger partial charge in [0.2, 0.25) is 0 Å². The van der Waals surface area contributed by atoms with E-state index in [2.05, 4.69) is 0 Å². The Kier molecular flexibility index (Phi) is 4.17. The number of amides is 1. The van der Waals surface area contributed by atoms with Gasteiger partial charge in [0, 0.05) is 18.0 Å². The minimum absolute atomic E-state index is 0.0303. The first-order chi connectivity index (χ1) is 9.43. The average Bonchev–Trinajstić information content (AvgIpc) is 2.41. The van der Waals surface area contributed by atoms with Crippen LogP contribution < -0.4 is 15.4 Å². The van der Waals surface area contributed by atoms with E-state index < -0.39 is 9.84 Å². The summed E-state index contributed by atoms with van der Waals surface area (Å²) in [6.07, 6.45) is 0.399. The smallest absolute Gasteiger partial charge is 0.265 e. The summed E-state index contributed by atoms with van der Waals surface area (Å²) in [5.74, 6) is 0.605. The molecule has 0 radical (unpaired) electrons. The summed E-state index contributed by atoms with van der Waals surface area (Å²) >= 11 is 0. The lowest BCUT2D eigenvalue weighted by Crippen LogP contribution is -2.40. The molecular weight excluding hydrogens is 280 g/mol. The topological polar surface area (TPSA) is 89.7 Å². The molecule has 0 unspecified atom stereocenters. The van der Waals surface area contributed by atoms with Crippen molar-refractivity contribution < 1.29 is 17.9 Å². The van der Waals surface area contributed by atoms with Crippen LogP contribution in [0.1, 0.15) is 13.3 Å². The van der Waals surface area contributed by atoms with Gasteiger partial charge in [-0.1, -0.05) is 6.92 Å². The highest BCUT2D eigenvalue weighted by Gasteiger charge is 2.25. The van der Waals surface area contributed by atoms with Gasteiger partial charge in [-0.25, -0.2) is 8.42 Å². The number of ether oxygens (including phenoxy) is 1. The molecule has 0 saturated carbocycles. The van der Waals surface area contributed by atoms with E-state index in [-0.39, 0.29) is 24.0 Å². The summed E-state index contributed by atoms with van der Waals surface area (Å²) in [6, 6.07) is 5.09. The molecule has 1 amide bonds. The SMILES string of the molecule is CCS(=O)(=O)CCCN1C(=O)COc2ccc(N)cc21. The molecule has 0 spiro atoms. The van der Waals surface area contributed by atoms with Gasteiger partial charge in [-0.15, -0.1) is 0 Å². The van der Waals surface area contributed by atoms with Crippen LogP contribution in [0.4, 0.5) is 11.4 Å². The fourth-order valence-electron chi connectivity index (χ4n) is 2.05. The maximum Gasteiger partial charge on any atom is 0.265 e. The van der Waals surface area contributed by atoms with Gasteiger partial charge in [0.15, 0.2) is 6.61 Å². The number of rotatable bonds is 5. The predicted molar refractivity (Wildman–Crippen MR) is 77.6 cm³/mol. The molecule has 0 saturated heterocycles. The zero-order valence-corrected chi connectivity index (χ0v) is 12.1. The number of benzene rings is 1. The van der Waals surface area contributed by atoms with Crippen LogP contribution in [-0.4, -0.2) is 39.0 Å². The van der Waals surface area contributed by atoms with E-state index in [4.69, 9.17) is 10.5 Å². The van der Waals surface area contributed by atoms with Gasteiger partial charge in [0.1, 0.15) is 15.6 Å². The lowest BCUT2D eigenvalue weighted by molar-refractivity contribution is -0.121. The number of nitrogen functional groups attached to an aromatic ring is 1. The van der Waals surface area contributed by atoms with Crippen molar-refractivity contribution >= 4 is 27.1 Å². The summed E-state index contributed by atoms with van der Waals surface area (Å²) in [6.45, 7) is 1.93. The van der Waals surface area contributed by atoms with Crippen molar-refractivity contribution in [3.63, 3.8) is 0 Å². The minimum Gasteiger partial charge on any atom is -0.482 e. The molecule has 0 atom stereocenters. The maximum atomic E-state index is 11.9. The quantitative estimate of drug-likeness (QED) is 0.813. The Bertz CT molecular complexity index is 613. The lowest BCUT2D eigenvalue weighted by atomic mass is 10.2. The minimum atomic E-state index is -3.02. The van der Waals surface area contributed by atoms with Crippen LogP contribution in [0.15, 0.2) is 18.2 Å². The Balaban J connectivity index is 2.12. The van der Waals surface area contributed by atoms with Crippen molar-refractivity contribution in [2.24, 2.45) is 0 Å². The van der Waals surface area contributed by atoms with E-state index in [1.165, 1.54) is 0 Å². The number of nitrogens with two attached hydrogens (primary N) is 1. The molecule has 1 aromatic rings. The molecule has 20 heavy (non-hydrogen) atoms. The van der Waals surface area contributed by atoms with Gasteiger partial charge in [-0.3, -0.25) is 4.79 Å². The maximum absolute atomic E-state index is 11.9. The Labute approximate surface area is 118 Å². The van der Waals surface area contributed by atoms with Crippen LogP contribution >= 0.6 is 0 Å². The largest absolute Gasteiger partial charge is 0.482 e. The van der Waals surface area contributed by atoms with Gasteiger partial charge in [0.25, 0.3) is 5.91 Å². The molecule has 0 aromatic heterocycles. The van der Waals surface area contributed by atoms with Crippen LogP contribution in [0.2, 0.25) is 0 Å². The molecule has 110 valence electrons. The van der Waals surface area contributed by atoms with Crippen LogP contribution in [0.3, 0.4) is 0 Å². The molecule has 0 aliphatic carbocycles. The average molecular weight is 298 g/mol. The Morgan fingerprint density at radius 3 is 2.85 bits per heavy atom. The second-order valence-electron chi connectivity index (χ2n) is 4.65. The summed E-state index contributed by atoms with van der Waals surface area (Å²) in [5, 5.41) is 0. The fraction of sp³-hybridized carbons (Fsp3) is 0.462. The highest BCUT2D eigenvalue weighted by atomic mass is 32.2. The van der Waals surface area contributed by atoms with E-state index in [0.29, 0.717) is 30.1 Å². The van der Waals surface area contributed by atoms with Gasteiger partial charge in [-0.2, -0.15) is 0 Å². The highest BCUT2D eigenvalue weighted by molar-refractivity contribution is 7.91. The molecule has 7 heteroatoms. The number of fused-ring (bicyclic) bond motifs is 1. The zero-order chi connectivity index (χ0) is 14.8. The van der Waals surface area contributed by atoms with Crippen molar-refractivity contribution in [3.05, 3.63) is 18.2 Å². The van der Waals surface area contributed by atoms with E-state index >= 15 is 0 Å². The molecule has 6 nitrogen and oxygen atoms in total. The standard InChI is InChI=1S/C13H18N2O4S/c1-2-20(17,18)7-3-6-15-11-8-10(14)4-5-12(11)19-9-13(15)16/h4-5,8H,2-3,6-7,9,14H2,1H3. The van der Waals surface area contributed by atoms with Crippen molar-refractivity contribution in [2.45, 2.75) is 13.3 Å². The van der Waals surface area contributed by atoms with Crippen molar-refractivity contribution in [2.75, 3.05) is 35.3 Å². The Morgan fingerprint density at radius 1 is 1.40 bits per heavy atom. The third-order valence-corrected chi connectivity index (χ3v) is 4.99. The summed E-state index contributed by atoms with van der Waals surface area (Å²) in [7, 11) is -3.02. The fourth-order valence-corrected chi connectivity index (χ4v) is 2.91. The van der Waals surface area contributed by atoms with E-state index in [1.54, 1.807) is 30.0 Å². The third-order valence-electron chi connectivity index (χ3n) is 3.20. The number of hydrogen-bond acceptors (Lipinski definition) is 5. The molecular formula is C13H18N2O4S. The molecule has 2 N–H and O–H groups in total. The Morgan fingerprint density at radius 2 is 2.15 bits per heavy atom. The normalized spacial score (nSPS) is 14.8. The number of carbonyl (C=O) groups is 1. The van der Waals surface area contributed by atoms with Crippen LogP contribution in [0.5, 0.6) is 5.75 Å². The molecule has 0 bridgehead atoms. The number of sulfone groups is 1. The molecule has 0 fully saturated rings. The second kappa shape index (κ2) is 5.70. The summed E-state index contributed by atoms with van der Waals surface area (Å²) in [4.78, 5) is 13.4. The van der Waals surface area contributed by atoms with Crippen molar-refractivity contribution in [1.29, 1.82) is 0 Å². The third kappa shape index (κ3) is 3.22. The summed E-state index contributed by atoms with van der Waals surface area (Å²) in [5.41, 5.74) is 6.86. The van der Waals surface area contributed by atoms with E-state index in [9.17, 15) is 13.2 Å². The summed E-state index contributed by atoms with van der Waals surface area (Å²) < 4.78 is 28.3. The molecule has 1 aliphatic heterocycles. The molecule has 1 aromatic carbocycles. The second-order valence-corrected chi connectivity index (χ2v) is 7.12. The van der Waals surface area contributed by atoms with Crippen LogP contribution in [0.25, 0.3) is 0 Å². The van der Waals surface area contributed by atoms with Crippen molar-refractivity contribution in [3.8, 4) is 5.75 Å². The monoisotopic (exact) mass is 298 g/mol. The lowest BCUT2D eigenvalue weighted by Gasteiger charge is -2.29. The molecule has 1 aliphatic rings. The van der Waals surface area contributed by atoms with Gasteiger partial charge < -0.3 is 15.4 Å². The van der Waals surface area contributed by atoms with E-state index in [1.807, 2.05) is 0 Å². The zero-order valence-electron chi connectivity index (χ0n) is 11.3. The van der Waals surface area contributed by atoms with Gasteiger partial charge in [0.05, 0.1) is 11.4 Å².